The third-order valence-electron chi connectivity index (χ3n) is 2.67. The Bertz CT molecular complexity index is 477. The summed E-state index contributed by atoms with van der Waals surface area (Å²) in [6.07, 6.45) is 3.19. The van der Waals surface area contributed by atoms with Gasteiger partial charge in [0.1, 0.15) is 0 Å². The number of nitrogens with zero attached hydrogens (tertiary/aromatic N) is 1. The lowest BCUT2D eigenvalue weighted by molar-refractivity contribution is -0.132. The molecule has 0 unspecified atom stereocenters. The Morgan fingerprint density at radius 1 is 1.29 bits per heavy atom. The minimum absolute atomic E-state index is 0.340. The highest BCUT2D eigenvalue weighted by Crippen LogP contribution is 2.15. The van der Waals surface area contributed by atoms with Gasteiger partial charge in [0.2, 0.25) is 0 Å². The molecule has 0 aliphatic carbocycles. The Kier molecular flexibility index (Phi) is 3.14. The van der Waals surface area contributed by atoms with Gasteiger partial charge in [0, 0.05) is 6.54 Å². The largest absolute Gasteiger partial charge is 0.478 e. The van der Waals surface area contributed by atoms with E-state index in [4.69, 9.17) is 10.8 Å². The van der Waals surface area contributed by atoms with Crippen molar-refractivity contribution < 1.29 is 9.90 Å². The average molecular weight is 230 g/mol. The van der Waals surface area contributed by atoms with Crippen LogP contribution in [0.5, 0.6) is 0 Å². The molecule has 1 aliphatic rings. The van der Waals surface area contributed by atoms with Crippen LogP contribution in [0.25, 0.3) is 0 Å². The minimum Gasteiger partial charge on any atom is -0.478 e. The lowest BCUT2D eigenvalue weighted by Crippen LogP contribution is -2.33. The molecule has 0 aromatic heterocycles. The van der Waals surface area contributed by atoms with Gasteiger partial charge < -0.3 is 15.7 Å². The van der Waals surface area contributed by atoms with Gasteiger partial charge in [0.15, 0.2) is 0 Å². The normalized spacial score (nSPS) is 15.2. The predicted octanol–water partition coefficient (Wildman–Crippen LogP) is 1.31. The van der Waals surface area contributed by atoms with Gasteiger partial charge in [-0.3, -0.25) is 0 Å². The van der Waals surface area contributed by atoms with Gasteiger partial charge in [-0.25, -0.2) is 4.79 Å². The maximum absolute atomic E-state index is 10.9. The van der Waals surface area contributed by atoms with E-state index < -0.39 is 5.97 Å². The minimum atomic E-state index is -0.896. The number of carboxylic acid groups (broad SMARTS) is 1. The van der Waals surface area contributed by atoms with E-state index in [0.29, 0.717) is 24.5 Å². The van der Waals surface area contributed by atoms with Gasteiger partial charge in [0.25, 0.3) is 0 Å². The van der Waals surface area contributed by atoms with Gasteiger partial charge in [-0.05, 0) is 17.7 Å². The molecular weight excluding hydrogens is 216 g/mol. The molecule has 2 rings (SSSR count). The maximum atomic E-state index is 10.9. The van der Waals surface area contributed by atoms with E-state index in [0.717, 1.165) is 5.56 Å². The van der Waals surface area contributed by atoms with Crippen molar-refractivity contribution in [3.05, 3.63) is 59.4 Å². The summed E-state index contributed by atoms with van der Waals surface area (Å²) in [5.41, 5.74) is 7.30. The molecule has 1 heterocycles. The fraction of sp³-hybridized carbons (Fsp3) is 0.154. The molecular formula is C13H14N2O2. The first-order chi connectivity index (χ1) is 8.16. The number of allylic oxidation sites excluding steroid dienone is 2. The van der Waals surface area contributed by atoms with E-state index in [1.807, 2.05) is 35.2 Å². The molecule has 0 saturated carbocycles. The van der Waals surface area contributed by atoms with Gasteiger partial charge in [-0.2, -0.15) is 0 Å². The molecule has 0 radical (unpaired) electrons. The average Bonchev–Trinajstić information content (AvgIpc) is 2.33. The molecule has 0 amide bonds. The zero-order valence-electron chi connectivity index (χ0n) is 9.34. The van der Waals surface area contributed by atoms with Gasteiger partial charge >= 0.3 is 5.97 Å². The third-order valence-corrected chi connectivity index (χ3v) is 2.67. The summed E-state index contributed by atoms with van der Waals surface area (Å²) < 4.78 is 0. The second-order valence-corrected chi connectivity index (χ2v) is 3.93. The van der Waals surface area contributed by atoms with Crippen LogP contribution >= 0.6 is 0 Å². The fourth-order valence-corrected chi connectivity index (χ4v) is 1.73. The molecule has 1 aliphatic heterocycles. The van der Waals surface area contributed by atoms with E-state index in [1.165, 1.54) is 0 Å². The molecule has 4 heteroatoms. The van der Waals surface area contributed by atoms with Crippen molar-refractivity contribution in [2.45, 2.75) is 6.54 Å². The second kappa shape index (κ2) is 4.74. The van der Waals surface area contributed by atoms with Crippen LogP contribution in [-0.4, -0.2) is 22.5 Å². The fourth-order valence-electron chi connectivity index (χ4n) is 1.73. The monoisotopic (exact) mass is 230 g/mol. The molecule has 0 bridgehead atoms. The first kappa shape index (κ1) is 11.3. The van der Waals surface area contributed by atoms with Crippen LogP contribution in [0.1, 0.15) is 5.56 Å². The zero-order chi connectivity index (χ0) is 12.3. The number of nitrogens with two attached hydrogens (primary N) is 1. The van der Waals surface area contributed by atoms with Crippen molar-refractivity contribution in [2.75, 3.05) is 6.54 Å². The van der Waals surface area contributed by atoms with Crippen LogP contribution < -0.4 is 5.73 Å². The molecule has 17 heavy (non-hydrogen) atoms. The molecule has 88 valence electrons. The van der Waals surface area contributed by atoms with Crippen LogP contribution in [0.4, 0.5) is 0 Å². The highest BCUT2D eigenvalue weighted by atomic mass is 16.4. The molecule has 1 aromatic rings. The highest BCUT2D eigenvalue weighted by molar-refractivity contribution is 5.87. The van der Waals surface area contributed by atoms with Crippen LogP contribution in [-0.2, 0) is 11.3 Å². The first-order valence-electron chi connectivity index (χ1n) is 5.35. The van der Waals surface area contributed by atoms with Gasteiger partial charge in [-0.15, -0.1) is 0 Å². The van der Waals surface area contributed by atoms with Gasteiger partial charge in [0.05, 0.1) is 17.9 Å². The van der Waals surface area contributed by atoms with E-state index in [2.05, 4.69) is 0 Å². The van der Waals surface area contributed by atoms with E-state index in [9.17, 15) is 4.79 Å². The predicted molar refractivity (Wildman–Crippen MR) is 64.8 cm³/mol. The Hall–Kier alpha value is -2.23. The Balaban J connectivity index is 2.11. The molecule has 0 spiro atoms. The Labute approximate surface area is 99.7 Å². The van der Waals surface area contributed by atoms with E-state index in [-0.39, 0.29) is 0 Å². The number of hydrogen-bond donors (Lipinski definition) is 2. The standard InChI is InChI=1S/C13H14N2O2/c14-12-7-6-11(13(16)17)9-15(12)8-10-4-2-1-3-5-10/h1-7H,8-9,14H2,(H,16,17). The lowest BCUT2D eigenvalue weighted by atomic mass is 10.1. The van der Waals surface area contributed by atoms with E-state index in [1.54, 1.807) is 12.2 Å². The van der Waals surface area contributed by atoms with Crippen LogP contribution in [0.15, 0.2) is 53.9 Å². The van der Waals surface area contributed by atoms with Crippen LogP contribution in [0.3, 0.4) is 0 Å². The number of carbonyl (C=O) groups is 1. The Morgan fingerprint density at radius 3 is 2.65 bits per heavy atom. The molecule has 3 N–H and O–H groups in total. The van der Waals surface area contributed by atoms with Crippen LogP contribution in [0.2, 0.25) is 0 Å². The summed E-state index contributed by atoms with van der Waals surface area (Å²) in [6, 6.07) is 9.83. The quantitative estimate of drug-likeness (QED) is 0.821. The topological polar surface area (TPSA) is 66.6 Å². The number of hydrogen-bond acceptors (Lipinski definition) is 3. The Morgan fingerprint density at radius 2 is 2.00 bits per heavy atom. The number of rotatable bonds is 3. The summed E-state index contributed by atoms with van der Waals surface area (Å²) >= 11 is 0. The summed E-state index contributed by atoms with van der Waals surface area (Å²) in [6.45, 7) is 0.959. The van der Waals surface area contributed by atoms with Crippen molar-refractivity contribution in [2.24, 2.45) is 5.73 Å². The third kappa shape index (κ3) is 2.66. The summed E-state index contributed by atoms with van der Waals surface area (Å²) in [7, 11) is 0. The highest BCUT2D eigenvalue weighted by Gasteiger charge is 2.17. The molecule has 0 saturated heterocycles. The van der Waals surface area contributed by atoms with Crippen molar-refractivity contribution in [1.29, 1.82) is 0 Å². The molecule has 0 atom stereocenters. The molecule has 4 nitrogen and oxygen atoms in total. The molecule has 0 fully saturated rings. The van der Waals surface area contributed by atoms with Crippen molar-refractivity contribution >= 4 is 5.97 Å². The van der Waals surface area contributed by atoms with Crippen molar-refractivity contribution in [3.63, 3.8) is 0 Å². The summed E-state index contributed by atoms with van der Waals surface area (Å²) in [5, 5.41) is 8.94. The number of carboxylic acids is 1. The van der Waals surface area contributed by atoms with Crippen molar-refractivity contribution in [3.8, 4) is 0 Å². The zero-order valence-corrected chi connectivity index (χ0v) is 9.34. The van der Waals surface area contributed by atoms with E-state index >= 15 is 0 Å². The van der Waals surface area contributed by atoms with Crippen molar-refractivity contribution in [1.82, 2.24) is 4.90 Å². The SMILES string of the molecule is NC1=CC=C(C(=O)O)CN1Cc1ccccc1. The molecule has 1 aromatic carbocycles. The first-order valence-corrected chi connectivity index (χ1v) is 5.35. The van der Waals surface area contributed by atoms with Crippen LogP contribution in [0, 0.1) is 0 Å². The number of aliphatic carboxylic acids is 1. The van der Waals surface area contributed by atoms with Gasteiger partial charge in [-0.1, -0.05) is 30.3 Å². The summed E-state index contributed by atoms with van der Waals surface area (Å²) in [5.74, 6) is -0.300. The maximum Gasteiger partial charge on any atom is 0.333 e. The smallest absolute Gasteiger partial charge is 0.333 e. The summed E-state index contributed by atoms with van der Waals surface area (Å²) in [4.78, 5) is 12.7. The lowest BCUT2D eigenvalue weighted by Gasteiger charge is -2.27. The number of benzene rings is 1. The second-order valence-electron chi connectivity index (χ2n) is 3.93.